The summed E-state index contributed by atoms with van der Waals surface area (Å²) in [6.07, 6.45) is 0. The van der Waals surface area contributed by atoms with E-state index in [1.807, 2.05) is 0 Å². The molecule has 1 aromatic carbocycles. The van der Waals surface area contributed by atoms with E-state index in [4.69, 9.17) is 4.74 Å². The molecule has 0 saturated carbocycles. The lowest BCUT2D eigenvalue weighted by Crippen LogP contribution is -2.46. The van der Waals surface area contributed by atoms with Gasteiger partial charge >= 0.3 is 5.69 Å². The van der Waals surface area contributed by atoms with Gasteiger partial charge in [0.25, 0.3) is 5.91 Å². The molecule has 0 spiro atoms. The zero-order chi connectivity index (χ0) is 15.9. The molecule has 1 aromatic rings. The number of nitrogens with one attached hydrogen (secondary N) is 2. The maximum absolute atomic E-state index is 12.1. The Hall–Kier alpha value is -2.19. The third-order valence-corrected chi connectivity index (χ3v) is 3.56. The summed E-state index contributed by atoms with van der Waals surface area (Å²) >= 11 is 0. The highest BCUT2D eigenvalue weighted by Gasteiger charge is 2.18. The summed E-state index contributed by atoms with van der Waals surface area (Å²) < 4.78 is 4.92. The third kappa shape index (κ3) is 4.15. The number of carbonyl (C=O) groups is 1. The van der Waals surface area contributed by atoms with E-state index in [1.54, 1.807) is 0 Å². The van der Waals surface area contributed by atoms with E-state index in [2.05, 4.69) is 15.5 Å². The molecule has 2 rings (SSSR count). The van der Waals surface area contributed by atoms with E-state index in [0.29, 0.717) is 6.54 Å². The number of methoxy groups -OCH3 is 1. The first-order chi connectivity index (χ1) is 10.6. The maximum atomic E-state index is 12.1. The number of carbonyl (C=O) groups excluding carboxylic acids is 1. The van der Waals surface area contributed by atoms with Gasteiger partial charge in [-0.15, -0.1) is 0 Å². The van der Waals surface area contributed by atoms with E-state index in [9.17, 15) is 14.9 Å². The van der Waals surface area contributed by atoms with E-state index in [0.717, 1.165) is 32.7 Å². The number of benzene rings is 1. The number of piperazine rings is 1. The molecule has 8 nitrogen and oxygen atoms in total. The highest BCUT2D eigenvalue weighted by atomic mass is 16.6. The Morgan fingerprint density at radius 2 is 2.18 bits per heavy atom. The first-order valence-corrected chi connectivity index (χ1v) is 7.15. The molecule has 0 unspecified atom stereocenters. The molecule has 1 aliphatic heterocycles. The van der Waals surface area contributed by atoms with Gasteiger partial charge in [0, 0.05) is 50.9 Å². The Balaban J connectivity index is 1.91. The first kappa shape index (κ1) is 16.2. The summed E-state index contributed by atoms with van der Waals surface area (Å²) in [5, 5.41) is 17.0. The quantitative estimate of drug-likeness (QED) is 0.577. The van der Waals surface area contributed by atoms with Gasteiger partial charge in [-0.25, -0.2) is 0 Å². The minimum Gasteiger partial charge on any atom is -0.490 e. The van der Waals surface area contributed by atoms with Gasteiger partial charge in [-0.05, 0) is 12.1 Å². The molecule has 0 atom stereocenters. The number of hydrogen-bond acceptors (Lipinski definition) is 6. The number of nitro benzene ring substituents is 1. The van der Waals surface area contributed by atoms with Crippen molar-refractivity contribution in [2.24, 2.45) is 0 Å². The van der Waals surface area contributed by atoms with Crippen LogP contribution >= 0.6 is 0 Å². The van der Waals surface area contributed by atoms with Crippen LogP contribution in [0.3, 0.4) is 0 Å². The van der Waals surface area contributed by atoms with Crippen molar-refractivity contribution >= 4 is 11.6 Å². The zero-order valence-electron chi connectivity index (χ0n) is 12.5. The fraction of sp³-hybridized carbons (Fsp3) is 0.500. The SMILES string of the molecule is COc1ccc(C(=O)NCCN2CCNCC2)cc1[N+](=O)[O-]. The van der Waals surface area contributed by atoms with Crippen molar-refractivity contribution in [1.29, 1.82) is 0 Å². The predicted molar refractivity (Wildman–Crippen MR) is 81.3 cm³/mol. The number of ether oxygens (including phenoxy) is 1. The lowest BCUT2D eigenvalue weighted by molar-refractivity contribution is -0.385. The summed E-state index contributed by atoms with van der Waals surface area (Å²) in [5.41, 5.74) is 0.0464. The van der Waals surface area contributed by atoms with Gasteiger partial charge in [-0.2, -0.15) is 0 Å². The Morgan fingerprint density at radius 3 is 2.82 bits per heavy atom. The maximum Gasteiger partial charge on any atom is 0.311 e. The van der Waals surface area contributed by atoms with E-state index >= 15 is 0 Å². The van der Waals surface area contributed by atoms with E-state index in [-0.39, 0.29) is 22.9 Å². The molecule has 0 bridgehead atoms. The van der Waals surface area contributed by atoms with Gasteiger partial charge in [0.1, 0.15) is 0 Å². The largest absolute Gasteiger partial charge is 0.490 e. The van der Waals surface area contributed by atoms with Crippen LogP contribution in [0, 0.1) is 10.1 Å². The molecule has 0 radical (unpaired) electrons. The summed E-state index contributed by atoms with van der Waals surface area (Å²) in [7, 11) is 1.36. The average molecular weight is 308 g/mol. The highest BCUT2D eigenvalue weighted by molar-refractivity contribution is 5.95. The van der Waals surface area contributed by atoms with Crippen molar-refractivity contribution in [3.8, 4) is 5.75 Å². The number of amides is 1. The minimum atomic E-state index is -0.559. The molecule has 120 valence electrons. The number of hydrogen-bond donors (Lipinski definition) is 2. The van der Waals surface area contributed by atoms with Crippen LogP contribution in [0.15, 0.2) is 18.2 Å². The van der Waals surface area contributed by atoms with Crippen molar-refractivity contribution in [2.75, 3.05) is 46.4 Å². The molecule has 1 heterocycles. The molecule has 1 aliphatic rings. The Kier molecular flexibility index (Phi) is 5.68. The summed E-state index contributed by atoms with van der Waals surface area (Å²) in [6.45, 7) is 5.12. The lowest BCUT2D eigenvalue weighted by atomic mass is 10.1. The Labute approximate surface area is 128 Å². The fourth-order valence-electron chi connectivity index (χ4n) is 2.34. The van der Waals surface area contributed by atoms with Crippen LogP contribution in [-0.4, -0.2) is 62.1 Å². The summed E-state index contributed by atoms with van der Waals surface area (Å²) in [6, 6.07) is 4.19. The van der Waals surface area contributed by atoms with Crippen LogP contribution in [-0.2, 0) is 0 Å². The molecule has 0 aromatic heterocycles. The van der Waals surface area contributed by atoms with Gasteiger partial charge in [0.05, 0.1) is 12.0 Å². The predicted octanol–water partition coefficient (Wildman–Crippen LogP) is 0.238. The summed E-state index contributed by atoms with van der Waals surface area (Å²) in [4.78, 5) is 24.7. The second-order valence-corrected chi connectivity index (χ2v) is 4.99. The molecule has 1 saturated heterocycles. The van der Waals surface area contributed by atoms with E-state index < -0.39 is 4.92 Å². The molecule has 0 aliphatic carbocycles. The molecule has 22 heavy (non-hydrogen) atoms. The third-order valence-electron chi connectivity index (χ3n) is 3.56. The second-order valence-electron chi connectivity index (χ2n) is 4.99. The Morgan fingerprint density at radius 1 is 1.45 bits per heavy atom. The Bertz CT molecular complexity index is 544. The van der Waals surface area contributed by atoms with Crippen LogP contribution in [0.2, 0.25) is 0 Å². The smallest absolute Gasteiger partial charge is 0.311 e. The van der Waals surface area contributed by atoms with Crippen molar-refractivity contribution < 1.29 is 14.5 Å². The van der Waals surface area contributed by atoms with Gasteiger partial charge in [-0.1, -0.05) is 0 Å². The van der Waals surface area contributed by atoms with Crippen molar-refractivity contribution in [2.45, 2.75) is 0 Å². The number of nitrogens with zero attached hydrogens (tertiary/aromatic N) is 2. The van der Waals surface area contributed by atoms with Gasteiger partial charge in [0.15, 0.2) is 5.75 Å². The van der Waals surface area contributed by atoms with Gasteiger partial charge < -0.3 is 15.4 Å². The topological polar surface area (TPSA) is 96.7 Å². The van der Waals surface area contributed by atoms with Crippen molar-refractivity contribution in [3.05, 3.63) is 33.9 Å². The molecular weight excluding hydrogens is 288 g/mol. The normalized spacial score (nSPS) is 15.3. The van der Waals surface area contributed by atoms with E-state index in [1.165, 1.54) is 25.3 Å². The minimum absolute atomic E-state index is 0.141. The van der Waals surface area contributed by atoms with Crippen LogP contribution < -0.4 is 15.4 Å². The first-order valence-electron chi connectivity index (χ1n) is 7.15. The molecule has 8 heteroatoms. The van der Waals surface area contributed by atoms with Crippen molar-refractivity contribution in [1.82, 2.24) is 15.5 Å². The number of nitro groups is 1. The molecule has 2 N–H and O–H groups in total. The summed E-state index contributed by atoms with van der Waals surface area (Å²) in [5.74, 6) is -0.178. The van der Waals surface area contributed by atoms with Crippen molar-refractivity contribution in [3.63, 3.8) is 0 Å². The van der Waals surface area contributed by atoms with Crippen LogP contribution in [0.25, 0.3) is 0 Å². The second kappa shape index (κ2) is 7.71. The van der Waals surface area contributed by atoms with Crippen LogP contribution in [0.5, 0.6) is 5.75 Å². The van der Waals surface area contributed by atoms with Gasteiger partial charge in [0.2, 0.25) is 0 Å². The van der Waals surface area contributed by atoms with Crippen LogP contribution in [0.1, 0.15) is 10.4 Å². The number of rotatable bonds is 6. The van der Waals surface area contributed by atoms with Crippen LogP contribution in [0.4, 0.5) is 5.69 Å². The standard InChI is InChI=1S/C14H20N4O4/c1-22-13-3-2-11(10-12(13)18(20)21)14(19)16-6-9-17-7-4-15-5-8-17/h2-3,10,15H,4-9H2,1H3,(H,16,19). The zero-order valence-corrected chi connectivity index (χ0v) is 12.5. The molecule has 1 amide bonds. The molecule has 1 fully saturated rings. The fourth-order valence-corrected chi connectivity index (χ4v) is 2.34. The monoisotopic (exact) mass is 308 g/mol. The highest BCUT2D eigenvalue weighted by Crippen LogP contribution is 2.27. The van der Waals surface area contributed by atoms with Gasteiger partial charge in [-0.3, -0.25) is 19.8 Å². The lowest BCUT2D eigenvalue weighted by Gasteiger charge is -2.27. The molecular formula is C14H20N4O4. The average Bonchev–Trinajstić information content (AvgIpc) is 2.55.